The quantitative estimate of drug-likeness (QED) is 0.534. The van der Waals surface area contributed by atoms with E-state index in [1.807, 2.05) is 0 Å². The summed E-state index contributed by atoms with van der Waals surface area (Å²) >= 11 is 0. The fourth-order valence-electron chi connectivity index (χ4n) is 1.99. The topological polar surface area (TPSA) is 41.6 Å². The molecule has 0 aliphatic carbocycles. The second-order valence-corrected chi connectivity index (χ2v) is 4.75. The van der Waals surface area contributed by atoms with Crippen molar-refractivity contribution in [2.24, 2.45) is 5.92 Å². The monoisotopic (exact) mass is 240 g/mol. The molecule has 0 aromatic carbocycles. The first kappa shape index (κ1) is 14.2. The van der Waals surface area contributed by atoms with Crippen LogP contribution in [0.5, 0.6) is 0 Å². The van der Waals surface area contributed by atoms with Crippen molar-refractivity contribution in [1.82, 2.24) is 10.2 Å². The van der Waals surface area contributed by atoms with Gasteiger partial charge in [0.2, 0.25) is 5.91 Å². The van der Waals surface area contributed by atoms with Crippen LogP contribution in [0.25, 0.3) is 0 Å². The van der Waals surface area contributed by atoms with Crippen LogP contribution in [0.4, 0.5) is 0 Å². The van der Waals surface area contributed by atoms with Gasteiger partial charge in [-0.3, -0.25) is 4.79 Å². The van der Waals surface area contributed by atoms with Gasteiger partial charge in [-0.05, 0) is 39.3 Å². The summed E-state index contributed by atoms with van der Waals surface area (Å²) in [5, 5.41) is 2.96. The fourth-order valence-corrected chi connectivity index (χ4v) is 1.99. The normalized spacial score (nSPS) is 22.4. The summed E-state index contributed by atoms with van der Waals surface area (Å²) in [5.41, 5.74) is 0. The molecular weight excluding hydrogens is 216 g/mol. The molecule has 0 aromatic rings. The minimum Gasteiger partial charge on any atom is -0.368 e. The van der Waals surface area contributed by atoms with Gasteiger partial charge < -0.3 is 15.0 Å². The molecular formula is C13H24N2O2. The molecule has 1 aliphatic heterocycles. The third-order valence-corrected chi connectivity index (χ3v) is 3.11. The molecule has 1 amide bonds. The fraction of sp³-hybridized carbons (Fsp3) is 0.769. The average molecular weight is 240 g/mol. The van der Waals surface area contributed by atoms with Crippen molar-refractivity contribution in [1.29, 1.82) is 0 Å². The van der Waals surface area contributed by atoms with Gasteiger partial charge in [0, 0.05) is 13.1 Å². The van der Waals surface area contributed by atoms with Gasteiger partial charge >= 0.3 is 0 Å². The number of nitrogens with zero attached hydrogens (tertiary/aromatic N) is 1. The van der Waals surface area contributed by atoms with E-state index in [-0.39, 0.29) is 12.0 Å². The van der Waals surface area contributed by atoms with Gasteiger partial charge in [0.1, 0.15) is 6.10 Å². The zero-order valence-corrected chi connectivity index (χ0v) is 10.9. The Balaban J connectivity index is 2.13. The van der Waals surface area contributed by atoms with E-state index in [2.05, 4.69) is 23.8 Å². The molecule has 1 heterocycles. The van der Waals surface area contributed by atoms with Crippen LogP contribution in [0.1, 0.15) is 19.8 Å². The van der Waals surface area contributed by atoms with E-state index < -0.39 is 0 Å². The van der Waals surface area contributed by atoms with E-state index in [9.17, 15) is 4.79 Å². The first-order chi connectivity index (χ1) is 8.13. The molecule has 2 unspecified atom stereocenters. The Hall–Kier alpha value is -0.870. The molecule has 4 heteroatoms. The number of likely N-dealkylation sites (tertiary alicyclic amines) is 1. The van der Waals surface area contributed by atoms with Crippen LogP contribution in [-0.2, 0) is 9.53 Å². The zero-order chi connectivity index (χ0) is 12.7. The third kappa shape index (κ3) is 5.33. The highest BCUT2D eigenvalue weighted by Crippen LogP contribution is 2.12. The van der Waals surface area contributed by atoms with Crippen molar-refractivity contribution in [2.45, 2.75) is 25.9 Å². The molecule has 17 heavy (non-hydrogen) atoms. The van der Waals surface area contributed by atoms with Crippen LogP contribution in [0.15, 0.2) is 12.7 Å². The summed E-state index contributed by atoms with van der Waals surface area (Å²) in [4.78, 5) is 14.0. The molecule has 4 nitrogen and oxygen atoms in total. The first-order valence-electron chi connectivity index (χ1n) is 6.32. The van der Waals surface area contributed by atoms with Crippen LogP contribution in [0.3, 0.4) is 0 Å². The van der Waals surface area contributed by atoms with E-state index in [1.54, 1.807) is 13.0 Å². The summed E-state index contributed by atoms with van der Waals surface area (Å²) in [7, 11) is 2.11. The second kappa shape index (κ2) is 7.45. The minimum absolute atomic E-state index is 0.0105. The standard InChI is InChI=1S/C13H24N2O2/c1-4-5-8-17-11(2)13(16)14-9-12-6-7-15(3)10-12/h4,11-12H,1,5-10H2,2-3H3,(H,14,16). The van der Waals surface area contributed by atoms with Gasteiger partial charge in [-0.1, -0.05) is 6.08 Å². The molecule has 0 spiro atoms. The molecule has 1 saturated heterocycles. The number of rotatable bonds is 7. The van der Waals surface area contributed by atoms with Crippen molar-refractivity contribution < 1.29 is 9.53 Å². The van der Waals surface area contributed by atoms with Crippen molar-refractivity contribution in [3.63, 3.8) is 0 Å². The first-order valence-corrected chi connectivity index (χ1v) is 6.32. The molecule has 1 N–H and O–H groups in total. The predicted molar refractivity (Wildman–Crippen MR) is 68.8 cm³/mol. The van der Waals surface area contributed by atoms with E-state index in [4.69, 9.17) is 4.74 Å². The highest BCUT2D eigenvalue weighted by Gasteiger charge is 2.21. The lowest BCUT2D eigenvalue weighted by Crippen LogP contribution is -2.38. The Bertz CT molecular complexity index is 256. The van der Waals surface area contributed by atoms with Gasteiger partial charge in [0.05, 0.1) is 6.61 Å². The van der Waals surface area contributed by atoms with E-state index in [0.717, 1.165) is 26.1 Å². The average Bonchev–Trinajstić information content (AvgIpc) is 2.72. The summed E-state index contributed by atoms with van der Waals surface area (Å²) < 4.78 is 5.39. The number of carbonyl (C=O) groups excluding carboxylic acids is 1. The van der Waals surface area contributed by atoms with E-state index in [1.165, 1.54) is 6.42 Å². The van der Waals surface area contributed by atoms with Gasteiger partial charge in [-0.15, -0.1) is 6.58 Å². The third-order valence-electron chi connectivity index (χ3n) is 3.11. The Morgan fingerprint density at radius 3 is 3.06 bits per heavy atom. The Morgan fingerprint density at radius 1 is 1.71 bits per heavy atom. The van der Waals surface area contributed by atoms with Crippen molar-refractivity contribution >= 4 is 5.91 Å². The lowest BCUT2D eigenvalue weighted by atomic mass is 10.1. The Labute approximate surface area is 104 Å². The lowest BCUT2D eigenvalue weighted by molar-refractivity contribution is -0.131. The van der Waals surface area contributed by atoms with Crippen LogP contribution < -0.4 is 5.32 Å². The highest BCUT2D eigenvalue weighted by atomic mass is 16.5. The molecule has 0 saturated carbocycles. The largest absolute Gasteiger partial charge is 0.368 e. The van der Waals surface area contributed by atoms with Crippen LogP contribution in [0.2, 0.25) is 0 Å². The van der Waals surface area contributed by atoms with Crippen LogP contribution >= 0.6 is 0 Å². The Morgan fingerprint density at radius 2 is 2.47 bits per heavy atom. The number of carbonyl (C=O) groups is 1. The maximum Gasteiger partial charge on any atom is 0.248 e. The number of hydrogen-bond donors (Lipinski definition) is 1. The van der Waals surface area contributed by atoms with Gasteiger partial charge in [0.15, 0.2) is 0 Å². The van der Waals surface area contributed by atoms with E-state index >= 15 is 0 Å². The zero-order valence-electron chi connectivity index (χ0n) is 10.9. The molecule has 98 valence electrons. The molecule has 1 fully saturated rings. The SMILES string of the molecule is C=CCCOC(C)C(=O)NCC1CCN(C)C1. The Kier molecular flexibility index (Phi) is 6.22. The molecule has 0 aromatic heterocycles. The van der Waals surface area contributed by atoms with Gasteiger partial charge in [-0.25, -0.2) is 0 Å². The number of nitrogens with one attached hydrogen (secondary N) is 1. The molecule has 0 radical (unpaired) electrons. The number of ether oxygens (including phenoxy) is 1. The number of amides is 1. The summed E-state index contributed by atoms with van der Waals surface area (Å²) in [6, 6.07) is 0. The maximum absolute atomic E-state index is 11.7. The maximum atomic E-state index is 11.7. The second-order valence-electron chi connectivity index (χ2n) is 4.75. The molecule has 2 atom stereocenters. The van der Waals surface area contributed by atoms with Crippen LogP contribution in [0, 0.1) is 5.92 Å². The van der Waals surface area contributed by atoms with Crippen LogP contribution in [-0.4, -0.2) is 50.2 Å². The van der Waals surface area contributed by atoms with E-state index in [0.29, 0.717) is 12.5 Å². The summed E-state index contributed by atoms with van der Waals surface area (Å²) in [6.45, 7) is 8.93. The minimum atomic E-state index is -0.367. The predicted octanol–water partition coefficient (Wildman–Crippen LogP) is 1.04. The molecule has 1 aliphatic rings. The summed E-state index contributed by atoms with van der Waals surface area (Å²) in [5.74, 6) is 0.577. The number of hydrogen-bond acceptors (Lipinski definition) is 3. The molecule has 0 bridgehead atoms. The van der Waals surface area contributed by atoms with Crippen molar-refractivity contribution in [3.8, 4) is 0 Å². The van der Waals surface area contributed by atoms with Gasteiger partial charge in [-0.2, -0.15) is 0 Å². The highest BCUT2D eigenvalue weighted by molar-refractivity contribution is 5.80. The summed E-state index contributed by atoms with van der Waals surface area (Å²) in [6.07, 6.45) is 3.38. The van der Waals surface area contributed by atoms with Gasteiger partial charge in [0.25, 0.3) is 0 Å². The lowest BCUT2D eigenvalue weighted by Gasteiger charge is -2.15. The van der Waals surface area contributed by atoms with Crippen molar-refractivity contribution in [2.75, 3.05) is 33.3 Å². The smallest absolute Gasteiger partial charge is 0.248 e. The molecule has 1 rings (SSSR count). The van der Waals surface area contributed by atoms with Crippen molar-refractivity contribution in [3.05, 3.63) is 12.7 Å².